The summed E-state index contributed by atoms with van der Waals surface area (Å²) in [6.45, 7) is 0. The van der Waals surface area contributed by atoms with Gasteiger partial charge in [-0.15, -0.1) is 0 Å². The molecule has 1 aromatic carbocycles. The predicted molar refractivity (Wildman–Crippen MR) is 87.2 cm³/mol. The zero-order valence-corrected chi connectivity index (χ0v) is 15.4. The van der Waals surface area contributed by atoms with E-state index in [2.05, 4.69) is 63.4 Å². The van der Waals surface area contributed by atoms with E-state index in [0.29, 0.717) is 0 Å². The summed E-state index contributed by atoms with van der Waals surface area (Å²) in [5.74, 6) is 0. The lowest BCUT2D eigenvalue weighted by atomic mass is 10.2. The van der Waals surface area contributed by atoms with Gasteiger partial charge in [0.05, 0.1) is 0 Å². The topological polar surface area (TPSA) is 27.7 Å². The second-order valence-electron chi connectivity index (χ2n) is 3.51. The molecule has 0 spiro atoms. The summed E-state index contributed by atoms with van der Waals surface area (Å²) in [6, 6.07) is 7.13. The molecule has 1 rings (SSSR count). The molecule has 0 aliphatic heterocycles. The molecule has 0 saturated carbocycles. The van der Waals surface area contributed by atoms with Gasteiger partial charge in [0.15, 0.2) is 0 Å². The molecule has 0 fully saturated rings. The van der Waals surface area contributed by atoms with Gasteiger partial charge < -0.3 is 13.3 Å². The quantitative estimate of drug-likeness (QED) is 0.464. The molecule has 0 N–H and O–H groups in total. The molecule has 0 atom stereocenters. The molecule has 0 bridgehead atoms. The maximum Gasteiger partial charge on any atom is 0.500 e. The smallest absolute Gasteiger partial charge is 0.377 e. The van der Waals surface area contributed by atoms with Gasteiger partial charge in [-0.3, -0.25) is 0 Å². The normalized spacial score (nSPS) is 11.8. The number of hydrogen-bond donors (Lipinski definition) is 0. The maximum absolute atomic E-state index is 5.42. The van der Waals surface area contributed by atoms with E-state index in [9.17, 15) is 0 Å². The van der Waals surface area contributed by atoms with E-state index < -0.39 is 8.80 Å². The Kier molecular flexibility index (Phi) is 6.88. The van der Waals surface area contributed by atoms with Gasteiger partial charge in [-0.1, -0.05) is 12.1 Å². The molecule has 0 unspecified atom stereocenters. The van der Waals surface area contributed by atoms with Crippen LogP contribution in [0, 0.1) is 7.14 Å². The van der Waals surface area contributed by atoms with Crippen LogP contribution in [0.4, 0.5) is 0 Å². The van der Waals surface area contributed by atoms with Gasteiger partial charge in [0.1, 0.15) is 0 Å². The van der Waals surface area contributed by atoms with E-state index in [-0.39, 0.29) is 0 Å². The first kappa shape index (κ1) is 15.8. The lowest BCUT2D eigenvalue weighted by Gasteiger charge is -2.24. The molecular formula is C11H16I2O3Si. The van der Waals surface area contributed by atoms with Gasteiger partial charge in [0, 0.05) is 34.5 Å². The Labute approximate surface area is 131 Å². The van der Waals surface area contributed by atoms with Crippen molar-refractivity contribution in [2.24, 2.45) is 0 Å². The minimum absolute atomic E-state index is 0.798. The third-order valence-electron chi connectivity index (χ3n) is 2.67. The number of hydrogen-bond acceptors (Lipinski definition) is 3. The molecule has 3 nitrogen and oxygen atoms in total. The summed E-state index contributed by atoms with van der Waals surface area (Å²) in [4.78, 5) is 0. The first-order valence-corrected chi connectivity index (χ1v) is 9.26. The Hall–Kier alpha value is 0.777. The molecule has 0 aliphatic carbocycles. The fourth-order valence-electron chi connectivity index (χ4n) is 1.59. The minimum Gasteiger partial charge on any atom is -0.377 e. The lowest BCUT2D eigenvalue weighted by Crippen LogP contribution is -2.43. The highest BCUT2D eigenvalue weighted by atomic mass is 127. The summed E-state index contributed by atoms with van der Waals surface area (Å²) >= 11 is 4.73. The van der Waals surface area contributed by atoms with Crippen LogP contribution in [0.1, 0.15) is 5.56 Å². The SMILES string of the molecule is CO[Si](CCc1cccc(I)c1I)(OC)OC. The molecule has 1 aromatic rings. The fourth-order valence-corrected chi connectivity index (χ4v) is 4.46. The van der Waals surface area contributed by atoms with Crippen molar-refractivity contribution in [1.29, 1.82) is 0 Å². The molecule has 0 amide bonds. The average molecular weight is 478 g/mol. The Bertz CT molecular complexity index is 361. The van der Waals surface area contributed by atoms with Crippen molar-refractivity contribution in [2.75, 3.05) is 21.3 Å². The Balaban J connectivity index is 2.75. The zero-order chi connectivity index (χ0) is 12.9. The van der Waals surface area contributed by atoms with Crippen LogP contribution in [0.2, 0.25) is 6.04 Å². The Morgan fingerprint density at radius 3 is 2.18 bits per heavy atom. The molecule has 0 aliphatic rings. The van der Waals surface area contributed by atoms with Gasteiger partial charge in [0.2, 0.25) is 0 Å². The van der Waals surface area contributed by atoms with Crippen molar-refractivity contribution in [3.8, 4) is 0 Å². The predicted octanol–water partition coefficient (Wildman–Crippen LogP) is 3.32. The second kappa shape index (κ2) is 7.39. The van der Waals surface area contributed by atoms with Crippen LogP contribution in [-0.2, 0) is 19.7 Å². The third-order valence-corrected chi connectivity index (χ3v) is 8.60. The van der Waals surface area contributed by atoms with Crippen LogP contribution in [0.15, 0.2) is 18.2 Å². The number of aryl methyl sites for hydroxylation is 1. The monoisotopic (exact) mass is 478 g/mol. The summed E-state index contributed by atoms with van der Waals surface area (Å²) in [6.07, 6.45) is 0.914. The van der Waals surface area contributed by atoms with Crippen LogP contribution in [0.3, 0.4) is 0 Å². The number of halogens is 2. The molecule has 17 heavy (non-hydrogen) atoms. The van der Waals surface area contributed by atoms with E-state index in [1.54, 1.807) is 21.3 Å². The van der Waals surface area contributed by atoms with Crippen LogP contribution in [0.25, 0.3) is 0 Å². The van der Waals surface area contributed by atoms with Crippen LogP contribution >= 0.6 is 45.2 Å². The van der Waals surface area contributed by atoms with Gasteiger partial charge >= 0.3 is 8.80 Å². The molecular weight excluding hydrogens is 462 g/mol. The molecule has 0 saturated heterocycles. The first-order chi connectivity index (χ1) is 8.08. The number of benzene rings is 1. The molecule has 6 heteroatoms. The van der Waals surface area contributed by atoms with E-state index in [1.807, 2.05) is 0 Å². The Morgan fingerprint density at radius 2 is 1.65 bits per heavy atom. The van der Waals surface area contributed by atoms with E-state index in [0.717, 1.165) is 12.5 Å². The summed E-state index contributed by atoms with van der Waals surface area (Å²) in [5, 5.41) is 0. The highest BCUT2D eigenvalue weighted by molar-refractivity contribution is 14.1. The van der Waals surface area contributed by atoms with Gasteiger partial charge in [0.25, 0.3) is 0 Å². The van der Waals surface area contributed by atoms with Crippen molar-refractivity contribution in [1.82, 2.24) is 0 Å². The average Bonchev–Trinajstić information content (AvgIpc) is 2.36. The molecule has 96 valence electrons. The third kappa shape index (κ3) is 4.13. The molecule has 0 radical (unpaired) electrons. The molecule has 0 heterocycles. The van der Waals surface area contributed by atoms with Gasteiger partial charge in [-0.2, -0.15) is 0 Å². The van der Waals surface area contributed by atoms with Crippen LogP contribution in [0.5, 0.6) is 0 Å². The van der Waals surface area contributed by atoms with Crippen molar-refractivity contribution in [3.05, 3.63) is 30.9 Å². The van der Waals surface area contributed by atoms with Crippen molar-refractivity contribution >= 4 is 54.0 Å². The fraction of sp³-hybridized carbons (Fsp3) is 0.455. The van der Waals surface area contributed by atoms with Crippen LogP contribution in [-0.4, -0.2) is 30.1 Å². The Morgan fingerprint density at radius 1 is 1.06 bits per heavy atom. The second-order valence-corrected chi connectivity index (χ2v) is 8.84. The minimum atomic E-state index is -2.45. The summed E-state index contributed by atoms with van der Waals surface area (Å²) in [5.41, 5.74) is 1.32. The van der Waals surface area contributed by atoms with Gasteiger partial charge in [-0.05, 0) is 63.2 Å². The van der Waals surface area contributed by atoms with Crippen molar-refractivity contribution in [3.63, 3.8) is 0 Å². The van der Waals surface area contributed by atoms with E-state index in [4.69, 9.17) is 13.3 Å². The summed E-state index contributed by atoms with van der Waals surface area (Å²) in [7, 11) is 2.51. The zero-order valence-electron chi connectivity index (χ0n) is 10.1. The van der Waals surface area contributed by atoms with E-state index in [1.165, 1.54) is 12.7 Å². The molecule has 0 aromatic heterocycles. The van der Waals surface area contributed by atoms with E-state index >= 15 is 0 Å². The summed E-state index contributed by atoms with van der Waals surface area (Å²) < 4.78 is 18.8. The van der Waals surface area contributed by atoms with Crippen molar-refractivity contribution < 1.29 is 13.3 Å². The lowest BCUT2D eigenvalue weighted by molar-refractivity contribution is 0.123. The highest BCUT2D eigenvalue weighted by Crippen LogP contribution is 2.23. The van der Waals surface area contributed by atoms with Crippen molar-refractivity contribution in [2.45, 2.75) is 12.5 Å². The van der Waals surface area contributed by atoms with Crippen LogP contribution < -0.4 is 0 Å². The maximum atomic E-state index is 5.42. The first-order valence-electron chi connectivity index (χ1n) is 5.17. The number of rotatable bonds is 6. The standard InChI is InChI=1S/C11H16I2O3Si/c1-14-17(15-2,16-3)8-7-9-5-4-6-10(12)11(9)13/h4-6H,7-8H2,1-3H3. The largest absolute Gasteiger partial charge is 0.500 e. The highest BCUT2D eigenvalue weighted by Gasteiger charge is 2.37. The van der Waals surface area contributed by atoms with Gasteiger partial charge in [-0.25, -0.2) is 0 Å².